The van der Waals surface area contributed by atoms with Crippen molar-refractivity contribution >= 4 is 0 Å². The van der Waals surface area contributed by atoms with Crippen LogP contribution < -0.4 is 5.32 Å². The summed E-state index contributed by atoms with van der Waals surface area (Å²) in [6.45, 7) is 8.38. The van der Waals surface area contributed by atoms with Crippen LogP contribution in [0.15, 0.2) is 0 Å². The van der Waals surface area contributed by atoms with Crippen LogP contribution in [0, 0.1) is 5.92 Å². The average Bonchev–Trinajstić information content (AvgIpc) is 2.22. The Morgan fingerprint density at radius 3 is 2.19 bits per heavy atom. The maximum atomic E-state index is 9.70. The highest BCUT2D eigenvalue weighted by Crippen LogP contribution is 2.08. The number of hydrogen-bond donors (Lipinski definition) is 2. The Hall–Kier alpha value is -0.0800. The summed E-state index contributed by atoms with van der Waals surface area (Å²) in [5.41, 5.74) is 0. The molecule has 0 saturated heterocycles. The quantitative estimate of drug-likeness (QED) is 0.533. The molecular formula is C14H31NO. The highest BCUT2D eigenvalue weighted by atomic mass is 16.3. The van der Waals surface area contributed by atoms with Crippen LogP contribution >= 0.6 is 0 Å². The molecule has 0 aromatic rings. The summed E-state index contributed by atoms with van der Waals surface area (Å²) in [4.78, 5) is 0. The summed E-state index contributed by atoms with van der Waals surface area (Å²) >= 11 is 0. The van der Waals surface area contributed by atoms with Gasteiger partial charge in [0, 0.05) is 6.54 Å². The van der Waals surface area contributed by atoms with E-state index in [9.17, 15) is 5.11 Å². The predicted molar refractivity (Wildman–Crippen MR) is 71.7 cm³/mol. The molecule has 0 aromatic carbocycles. The fourth-order valence-corrected chi connectivity index (χ4v) is 1.80. The second-order valence-corrected chi connectivity index (χ2v) is 5.26. The van der Waals surface area contributed by atoms with E-state index >= 15 is 0 Å². The molecule has 0 radical (unpaired) electrons. The molecule has 16 heavy (non-hydrogen) atoms. The molecule has 2 N–H and O–H groups in total. The van der Waals surface area contributed by atoms with Gasteiger partial charge in [-0.2, -0.15) is 0 Å². The molecule has 0 fully saturated rings. The third-order valence-corrected chi connectivity index (χ3v) is 2.82. The molecule has 0 amide bonds. The Balaban J connectivity index is 3.14. The van der Waals surface area contributed by atoms with Gasteiger partial charge in [-0.15, -0.1) is 0 Å². The summed E-state index contributed by atoms with van der Waals surface area (Å²) in [7, 11) is 0. The minimum absolute atomic E-state index is 0.148. The van der Waals surface area contributed by atoms with E-state index < -0.39 is 0 Å². The zero-order valence-electron chi connectivity index (χ0n) is 11.5. The molecule has 0 aromatic heterocycles. The van der Waals surface area contributed by atoms with Crippen molar-refractivity contribution in [1.29, 1.82) is 0 Å². The topological polar surface area (TPSA) is 32.3 Å². The number of unbranched alkanes of at least 4 members (excludes halogenated alkanes) is 5. The van der Waals surface area contributed by atoms with Crippen molar-refractivity contribution in [2.75, 3.05) is 13.1 Å². The number of nitrogens with one attached hydrogen (secondary N) is 1. The normalized spacial score (nSPS) is 13.3. The van der Waals surface area contributed by atoms with Crippen LogP contribution in [-0.2, 0) is 0 Å². The van der Waals surface area contributed by atoms with Crippen molar-refractivity contribution in [2.24, 2.45) is 5.92 Å². The van der Waals surface area contributed by atoms with E-state index in [0.717, 1.165) is 19.5 Å². The van der Waals surface area contributed by atoms with E-state index in [1.807, 2.05) is 0 Å². The minimum atomic E-state index is -0.148. The molecule has 1 unspecified atom stereocenters. The standard InChI is InChI=1S/C14H31NO/c1-4-5-6-7-8-9-10-14(16)12-15-11-13(2)3/h13-16H,4-12H2,1-3H3. The van der Waals surface area contributed by atoms with Crippen molar-refractivity contribution in [3.05, 3.63) is 0 Å². The first-order valence-corrected chi connectivity index (χ1v) is 7.05. The summed E-state index contributed by atoms with van der Waals surface area (Å²) < 4.78 is 0. The van der Waals surface area contributed by atoms with Crippen molar-refractivity contribution in [2.45, 2.75) is 71.8 Å². The van der Waals surface area contributed by atoms with Crippen LogP contribution in [0.2, 0.25) is 0 Å². The van der Waals surface area contributed by atoms with E-state index in [2.05, 4.69) is 26.1 Å². The third-order valence-electron chi connectivity index (χ3n) is 2.82. The van der Waals surface area contributed by atoms with Gasteiger partial charge in [0.2, 0.25) is 0 Å². The molecule has 2 nitrogen and oxygen atoms in total. The Labute approximate surface area is 102 Å². The first kappa shape index (κ1) is 15.9. The lowest BCUT2D eigenvalue weighted by molar-refractivity contribution is 0.157. The summed E-state index contributed by atoms with van der Waals surface area (Å²) in [6, 6.07) is 0. The Morgan fingerprint density at radius 2 is 1.56 bits per heavy atom. The second kappa shape index (κ2) is 11.4. The first-order valence-electron chi connectivity index (χ1n) is 7.05. The van der Waals surface area contributed by atoms with E-state index in [1.165, 1.54) is 38.5 Å². The molecule has 0 rings (SSSR count). The number of rotatable bonds is 11. The molecule has 0 heterocycles. The highest BCUT2D eigenvalue weighted by Gasteiger charge is 2.03. The van der Waals surface area contributed by atoms with Gasteiger partial charge in [0.05, 0.1) is 6.10 Å². The summed E-state index contributed by atoms with van der Waals surface area (Å²) in [5.74, 6) is 0.668. The van der Waals surface area contributed by atoms with Gasteiger partial charge >= 0.3 is 0 Å². The van der Waals surface area contributed by atoms with Crippen LogP contribution in [0.1, 0.15) is 65.7 Å². The molecule has 0 aliphatic carbocycles. The van der Waals surface area contributed by atoms with E-state index in [-0.39, 0.29) is 6.10 Å². The van der Waals surface area contributed by atoms with Crippen molar-refractivity contribution < 1.29 is 5.11 Å². The van der Waals surface area contributed by atoms with Gasteiger partial charge in [-0.1, -0.05) is 59.3 Å². The van der Waals surface area contributed by atoms with Gasteiger partial charge in [0.25, 0.3) is 0 Å². The van der Waals surface area contributed by atoms with Gasteiger partial charge in [0.15, 0.2) is 0 Å². The number of hydrogen-bond acceptors (Lipinski definition) is 2. The number of aliphatic hydroxyl groups is 1. The third kappa shape index (κ3) is 12.0. The Kier molecular flexibility index (Phi) is 11.3. The largest absolute Gasteiger partial charge is 0.392 e. The highest BCUT2D eigenvalue weighted by molar-refractivity contribution is 4.61. The Bertz CT molecular complexity index is 137. The van der Waals surface area contributed by atoms with Crippen molar-refractivity contribution in [1.82, 2.24) is 5.32 Å². The lowest BCUT2D eigenvalue weighted by atomic mass is 10.1. The SMILES string of the molecule is CCCCCCCCC(O)CNCC(C)C. The zero-order valence-corrected chi connectivity index (χ0v) is 11.5. The van der Waals surface area contributed by atoms with Crippen LogP contribution in [0.5, 0.6) is 0 Å². The molecule has 0 aliphatic heterocycles. The summed E-state index contributed by atoms with van der Waals surface area (Å²) in [5, 5.41) is 13.0. The van der Waals surface area contributed by atoms with E-state index in [0.29, 0.717) is 5.92 Å². The number of aliphatic hydroxyl groups excluding tert-OH is 1. The van der Waals surface area contributed by atoms with E-state index in [1.54, 1.807) is 0 Å². The monoisotopic (exact) mass is 229 g/mol. The maximum Gasteiger partial charge on any atom is 0.0664 e. The van der Waals surface area contributed by atoms with Crippen LogP contribution in [-0.4, -0.2) is 24.3 Å². The molecule has 2 heteroatoms. The van der Waals surface area contributed by atoms with Crippen LogP contribution in [0.25, 0.3) is 0 Å². The minimum Gasteiger partial charge on any atom is -0.392 e. The summed E-state index contributed by atoms with van der Waals surface area (Å²) in [6.07, 6.45) is 8.62. The van der Waals surface area contributed by atoms with Gasteiger partial charge in [-0.3, -0.25) is 0 Å². The van der Waals surface area contributed by atoms with Gasteiger partial charge < -0.3 is 10.4 Å². The predicted octanol–water partition coefficient (Wildman–Crippen LogP) is 3.34. The molecular weight excluding hydrogens is 198 g/mol. The average molecular weight is 229 g/mol. The lowest BCUT2D eigenvalue weighted by Gasteiger charge is -2.12. The zero-order chi connectivity index (χ0) is 12.2. The molecule has 98 valence electrons. The van der Waals surface area contributed by atoms with Gasteiger partial charge in [-0.25, -0.2) is 0 Å². The molecule has 0 saturated carbocycles. The fourth-order valence-electron chi connectivity index (χ4n) is 1.80. The Morgan fingerprint density at radius 1 is 0.938 bits per heavy atom. The first-order chi connectivity index (χ1) is 7.66. The van der Waals surface area contributed by atoms with Gasteiger partial charge in [-0.05, 0) is 18.9 Å². The van der Waals surface area contributed by atoms with Crippen LogP contribution in [0.4, 0.5) is 0 Å². The molecule has 0 spiro atoms. The molecule has 0 bridgehead atoms. The van der Waals surface area contributed by atoms with Gasteiger partial charge in [0.1, 0.15) is 0 Å². The fraction of sp³-hybridized carbons (Fsp3) is 1.00. The van der Waals surface area contributed by atoms with Crippen molar-refractivity contribution in [3.8, 4) is 0 Å². The maximum absolute atomic E-state index is 9.70. The second-order valence-electron chi connectivity index (χ2n) is 5.26. The van der Waals surface area contributed by atoms with Crippen LogP contribution in [0.3, 0.4) is 0 Å². The molecule has 1 atom stereocenters. The lowest BCUT2D eigenvalue weighted by Crippen LogP contribution is -2.29. The van der Waals surface area contributed by atoms with Crippen molar-refractivity contribution in [3.63, 3.8) is 0 Å². The molecule has 0 aliphatic rings. The van der Waals surface area contributed by atoms with E-state index in [4.69, 9.17) is 0 Å². The smallest absolute Gasteiger partial charge is 0.0664 e.